The van der Waals surface area contributed by atoms with Crippen LogP contribution in [0.4, 0.5) is 0 Å². The van der Waals surface area contributed by atoms with Gasteiger partial charge in [0.05, 0.1) is 0 Å². The van der Waals surface area contributed by atoms with Crippen LogP contribution in [0.15, 0.2) is 0 Å². The molecule has 4 heavy (non-hydrogen) atoms. The van der Waals surface area contributed by atoms with Crippen LogP contribution in [0.25, 0.3) is 0 Å². The molecule has 0 heterocycles. The van der Waals surface area contributed by atoms with Gasteiger partial charge in [0.15, 0.2) is 0 Å². The van der Waals surface area contributed by atoms with Gasteiger partial charge in [0.25, 0.3) is 0 Å². The summed E-state index contributed by atoms with van der Waals surface area (Å²) < 4.78 is 8.34. The first kappa shape index (κ1) is 18.1. The standard InChI is InChI=1S/Mg.H2O.O.Zr.2H/h;1H2;;;;. The van der Waals surface area contributed by atoms with Crippen molar-refractivity contribution in [3.8, 4) is 0 Å². The predicted molar refractivity (Wildman–Crippen MR) is 12.8 cm³/mol. The van der Waals surface area contributed by atoms with E-state index >= 15 is 0 Å². The van der Waals surface area contributed by atoms with Crippen LogP contribution in [-0.4, -0.2) is 28.5 Å². The molecule has 0 atom stereocenters. The molecule has 4 heteroatoms. The quantitative estimate of drug-likeness (QED) is 0.375. The Morgan fingerprint density at radius 1 is 1.25 bits per heavy atom. The second kappa shape index (κ2) is 25.8. The van der Waals surface area contributed by atoms with Crippen LogP contribution >= 0.6 is 0 Å². The van der Waals surface area contributed by atoms with E-state index < -0.39 is 0 Å². The molecule has 2 N–H and O–H groups in total. The van der Waals surface area contributed by atoms with E-state index in [1.165, 1.54) is 0 Å². The summed E-state index contributed by atoms with van der Waals surface area (Å²) in [5, 5.41) is 0. The van der Waals surface area contributed by atoms with Crippen LogP contribution in [-0.2, 0) is 27.5 Å². The van der Waals surface area contributed by atoms with Gasteiger partial charge in [-0.15, -0.1) is 0 Å². The van der Waals surface area contributed by atoms with Crippen molar-refractivity contribution in [3.63, 3.8) is 0 Å². The summed E-state index contributed by atoms with van der Waals surface area (Å²) in [5.41, 5.74) is 0. The fraction of sp³-hybridized carbons (Fsp3) is 0. The second-order valence-electron chi connectivity index (χ2n) is 0. The topological polar surface area (TPSA) is 48.6 Å². The van der Waals surface area contributed by atoms with Crippen molar-refractivity contribution < 1.29 is 33.0 Å². The van der Waals surface area contributed by atoms with Gasteiger partial charge in [-0.25, -0.2) is 0 Å². The van der Waals surface area contributed by atoms with Gasteiger partial charge in [-0.3, -0.25) is 0 Å². The fourth-order valence-corrected chi connectivity index (χ4v) is 0. The summed E-state index contributed by atoms with van der Waals surface area (Å²) in [6.07, 6.45) is 0. The summed E-state index contributed by atoms with van der Waals surface area (Å²) in [5.74, 6) is 0. The van der Waals surface area contributed by atoms with Gasteiger partial charge in [0.2, 0.25) is 0 Å². The zero-order valence-corrected chi connectivity index (χ0v) is 3.87. The van der Waals surface area contributed by atoms with Gasteiger partial charge in [0, 0.05) is 0 Å². The minimum absolute atomic E-state index is 0. The monoisotopic (exact) mass is 150 g/mol. The predicted octanol–water partition coefficient (Wildman–Crippen LogP) is -1.86. The van der Waals surface area contributed by atoms with E-state index in [0.29, 0.717) is 24.7 Å². The molecule has 0 radical (unpaired) electrons. The van der Waals surface area contributed by atoms with Crippen LogP contribution < -0.4 is 0 Å². The Hall–Kier alpha value is 1.41. The van der Waals surface area contributed by atoms with Crippen molar-refractivity contribution >= 4 is 23.1 Å². The first-order chi connectivity index (χ1) is 1.00. The molecular weight excluding hydrogens is 148 g/mol. The number of hydrogen-bond donors (Lipinski definition) is 0. The van der Waals surface area contributed by atoms with Gasteiger partial charge in [-0.2, -0.15) is 0 Å². The van der Waals surface area contributed by atoms with E-state index in [4.69, 9.17) is 2.81 Å². The summed E-state index contributed by atoms with van der Waals surface area (Å²) >= 11 is 0.300. The first-order valence-electron chi connectivity index (χ1n) is 0.204. The van der Waals surface area contributed by atoms with Crippen molar-refractivity contribution in [3.05, 3.63) is 0 Å². The van der Waals surface area contributed by atoms with Gasteiger partial charge in [-0.05, 0) is 0 Å². The van der Waals surface area contributed by atoms with E-state index in [1.807, 2.05) is 0 Å². The second-order valence-corrected chi connectivity index (χ2v) is 0. The molecule has 0 aromatic carbocycles. The molecule has 0 unspecified atom stereocenters. The molecule has 0 saturated carbocycles. The van der Waals surface area contributed by atoms with Crippen molar-refractivity contribution in [1.82, 2.24) is 0 Å². The zero-order chi connectivity index (χ0) is 2.00. The average Bonchev–Trinajstić information content (AvgIpc) is 1.00. The molecule has 0 aromatic heterocycles. The molecule has 22 valence electrons. The maximum absolute atomic E-state index is 8.34. The van der Waals surface area contributed by atoms with E-state index in [9.17, 15) is 0 Å². The molecule has 0 saturated heterocycles. The van der Waals surface area contributed by atoms with Crippen LogP contribution in [0.3, 0.4) is 0 Å². The van der Waals surface area contributed by atoms with Crippen LogP contribution in [0, 0.1) is 0 Å². The third-order valence-electron chi connectivity index (χ3n) is 0. The van der Waals surface area contributed by atoms with E-state index in [1.54, 1.807) is 0 Å². The third-order valence-corrected chi connectivity index (χ3v) is 0. The molecule has 2 nitrogen and oxygen atoms in total. The minimum atomic E-state index is 0. The molecule has 0 aliphatic carbocycles. The van der Waals surface area contributed by atoms with E-state index in [2.05, 4.69) is 0 Å². The molecule has 0 aliphatic heterocycles. The van der Waals surface area contributed by atoms with Crippen molar-refractivity contribution in [2.45, 2.75) is 0 Å². The van der Waals surface area contributed by atoms with Crippen LogP contribution in [0.2, 0.25) is 0 Å². The van der Waals surface area contributed by atoms with Crippen molar-refractivity contribution in [2.24, 2.45) is 0 Å². The fourth-order valence-electron chi connectivity index (χ4n) is 0. The van der Waals surface area contributed by atoms with E-state index in [-0.39, 0.29) is 28.5 Å². The Balaban J connectivity index is -0.00000000500. The van der Waals surface area contributed by atoms with Gasteiger partial charge < -0.3 is 5.48 Å². The molecule has 0 rings (SSSR count). The first-order valence-corrected chi connectivity index (χ1v) is 1.21. The van der Waals surface area contributed by atoms with Gasteiger partial charge in [0.1, 0.15) is 0 Å². The summed E-state index contributed by atoms with van der Waals surface area (Å²) in [7, 11) is 0. The van der Waals surface area contributed by atoms with Crippen LogP contribution in [0.5, 0.6) is 0 Å². The summed E-state index contributed by atoms with van der Waals surface area (Å²) in [6.45, 7) is 0. The maximum atomic E-state index is 8.34. The molecule has 0 spiro atoms. The Bertz CT molecular complexity index is 6.00. The summed E-state index contributed by atoms with van der Waals surface area (Å²) in [4.78, 5) is 0. The van der Waals surface area contributed by atoms with Gasteiger partial charge >= 0.3 is 50.6 Å². The average molecular weight is 152 g/mol. The Morgan fingerprint density at radius 3 is 1.25 bits per heavy atom. The van der Waals surface area contributed by atoms with Crippen LogP contribution in [0.1, 0.15) is 0 Å². The molecule has 0 bridgehead atoms. The Kier molecular flexibility index (Phi) is 117. The van der Waals surface area contributed by atoms with Crippen molar-refractivity contribution in [2.75, 3.05) is 0 Å². The molecular formula is H4MgO2Zr. The third kappa shape index (κ3) is 9.96. The molecule has 0 aliphatic rings. The number of rotatable bonds is 0. The molecule has 0 amide bonds. The zero-order valence-electron chi connectivity index (χ0n) is 1.41. The Labute approximate surface area is 55.7 Å². The Morgan fingerprint density at radius 2 is 1.25 bits per heavy atom. The van der Waals surface area contributed by atoms with Gasteiger partial charge in [-0.1, -0.05) is 0 Å². The number of hydrogen-bond acceptors (Lipinski definition) is 1. The summed E-state index contributed by atoms with van der Waals surface area (Å²) in [6, 6.07) is 0. The SMILES string of the molecule is O.[MgH2].[O]=[Zr]. The molecule has 0 aromatic rings. The molecule has 0 fully saturated rings. The normalized spacial score (nSPS) is 0.750. The van der Waals surface area contributed by atoms with E-state index in [0.717, 1.165) is 0 Å². The van der Waals surface area contributed by atoms with Crippen molar-refractivity contribution in [1.29, 1.82) is 0 Å².